The molecule has 0 bridgehead atoms. The van der Waals surface area contributed by atoms with Crippen molar-refractivity contribution in [1.82, 2.24) is 21.5 Å². The molecule has 1 aliphatic rings. The van der Waals surface area contributed by atoms with Gasteiger partial charge in [-0.25, -0.2) is 28.4 Å². The third-order valence-corrected chi connectivity index (χ3v) is 5.68. The van der Waals surface area contributed by atoms with Crippen LogP contribution < -0.4 is 21.5 Å². The van der Waals surface area contributed by atoms with Gasteiger partial charge in [0.2, 0.25) is 5.96 Å². The van der Waals surface area contributed by atoms with Crippen molar-refractivity contribution in [3.05, 3.63) is 106 Å². The van der Waals surface area contributed by atoms with Crippen molar-refractivity contribution >= 4 is 23.5 Å². The molecule has 1 saturated heterocycles. The van der Waals surface area contributed by atoms with E-state index in [1.165, 1.54) is 24.3 Å². The Morgan fingerprint density at radius 2 is 1.69 bits per heavy atom. The Morgan fingerprint density at radius 1 is 0.943 bits per heavy atom. The first-order valence-corrected chi connectivity index (χ1v) is 10.9. The molecule has 3 aromatic rings. The zero-order valence-corrected chi connectivity index (χ0v) is 18.8. The molecule has 1 fully saturated rings. The average molecular weight is 506 g/mol. The summed E-state index contributed by atoms with van der Waals surface area (Å²) in [6.45, 7) is 0.0948. The first kappa shape index (κ1) is 24.6. The van der Waals surface area contributed by atoms with Gasteiger partial charge in [-0.05, 0) is 53.6 Å². The van der Waals surface area contributed by atoms with E-state index in [1.54, 1.807) is 12.1 Å². The van der Waals surface area contributed by atoms with Crippen molar-refractivity contribution in [2.24, 2.45) is 4.99 Å². The van der Waals surface area contributed by atoms with Crippen LogP contribution in [0.3, 0.4) is 0 Å². The summed E-state index contributed by atoms with van der Waals surface area (Å²) in [5.41, 5.74) is 7.36. The van der Waals surface area contributed by atoms with Crippen molar-refractivity contribution in [2.75, 3.05) is 0 Å². The highest BCUT2D eigenvalue weighted by Crippen LogP contribution is 2.22. The van der Waals surface area contributed by atoms with Gasteiger partial charge in [-0.2, -0.15) is 4.99 Å². The predicted molar refractivity (Wildman–Crippen MR) is 123 cm³/mol. The maximum absolute atomic E-state index is 13.6. The summed E-state index contributed by atoms with van der Waals surface area (Å²) in [5, 5.41) is 6.16. The van der Waals surface area contributed by atoms with Gasteiger partial charge < -0.3 is 10.6 Å². The van der Waals surface area contributed by atoms with Crippen LogP contribution in [0.5, 0.6) is 0 Å². The SMILES string of the molecule is O=C(/N=C(/NCc1ccc(F)cc1Cl)NC1CC(c2ccc(F)cc2)NN1)c1ccc(F)c(F)c1. The fraction of sp³-hybridized carbons (Fsp3) is 0.167. The molecule has 1 aliphatic heterocycles. The fourth-order valence-corrected chi connectivity index (χ4v) is 3.73. The van der Waals surface area contributed by atoms with Crippen LogP contribution in [0, 0.1) is 23.3 Å². The zero-order chi connectivity index (χ0) is 24.9. The summed E-state index contributed by atoms with van der Waals surface area (Å²) in [5.74, 6) is -3.88. The molecular formula is C24H20ClF4N5O. The van der Waals surface area contributed by atoms with Crippen LogP contribution in [-0.4, -0.2) is 18.0 Å². The Kier molecular flexibility index (Phi) is 7.64. The number of hydrogen-bond acceptors (Lipinski definition) is 3. The Hall–Kier alpha value is -3.47. The van der Waals surface area contributed by atoms with Gasteiger partial charge in [-0.3, -0.25) is 4.79 Å². The van der Waals surface area contributed by atoms with Gasteiger partial charge in [0.15, 0.2) is 11.6 Å². The number of carbonyl (C=O) groups is 1. The molecule has 1 amide bonds. The lowest BCUT2D eigenvalue weighted by molar-refractivity contribution is 0.100. The minimum atomic E-state index is -1.17. The molecule has 182 valence electrons. The van der Waals surface area contributed by atoms with E-state index in [0.29, 0.717) is 12.0 Å². The molecule has 2 atom stereocenters. The topological polar surface area (TPSA) is 77.5 Å². The van der Waals surface area contributed by atoms with Gasteiger partial charge in [0, 0.05) is 29.6 Å². The van der Waals surface area contributed by atoms with Gasteiger partial charge >= 0.3 is 0 Å². The monoisotopic (exact) mass is 505 g/mol. The van der Waals surface area contributed by atoms with Crippen LogP contribution in [0.25, 0.3) is 0 Å². The van der Waals surface area contributed by atoms with Gasteiger partial charge in [0.25, 0.3) is 5.91 Å². The Bertz CT molecular complexity index is 1260. The second kappa shape index (κ2) is 10.9. The fourth-order valence-electron chi connectivity index (χ4n) is 3.49. The van der Waals surface area contributed by atoms with E-state index in [4.69, 9.17) is 11.6 Å². The maximum Gasteiger partial charge on any atom is 0.280 e. The van der Waals surface area contributed by atoms with Gasteiger partial charge in [-0.15, -0.1) is 0 Å². The summed E-state index contributed by atoms with van der Waals surface area (Å²) < 4.78 is 53.4. The number of benzene rings is 3. The quantitative estimate of drug-likeness (QED) is 0.236. The van der Waals surface area contributed by atoms with Crippen LogP contribution in [0.15, 0.2) is 65.7 Å². The minimum Gasteiger partial charge on any atom is -0.352 e. The highest BCUT2D eigenvalue weighted by atomic mass is 35.5. The Balaban J connectivity index is 1.51. The molecule has 6 nitrogen and oxygen atoms in total. The molecule has 0 spiro atoms. The van der Waals surface area contributed by atoms with Crippen molar-refractivity contribution < 1.29 is 22.4 Å². The lowest BCUT2D eigenvalue weighted by Gasteiger charge is -2.17. The van der Waals surface area contributed by atoms with Crippen molar-refractivity contribution in [3.8, 4) is 0 Å². The summed E-state index contributed by atoms with van der Waals surface area (Å²) >= 11 is 6.08. The van der Waals surface area contributed by atoms with Crippen molar-refractivity contribution in [2.45, 2.75) is 25.2 Å². The molecule has 0 radical (unpaired) electrons. The lowest BCUT2D eigenvalue weighted by Crippen LogP contribution is -2.49. The summed E-state index contributed by atoms with van der Waals surface area (Å²) in [4.78, 5) is 16.6. The van der Waals surface area contributed by atoms with Crippen LogP contribution in [0.1, 0.15) is 33.9 Å². The van der Waals surface area contributed by atoms with E-state index in [1.807, 2.05) is 0 Å². The van der Waals surface area contributed by atoms with Crippen LogP contribution in [0.4, 0.5) is 17.6 Å². The van der Waals surface area contributed by atoms with Gasteiger partial charge in [-0.1, -0.05) is 29.8 Å². The van der Waals surface area contributed by atoms with Crippen LogP contribution >= 0.6 is 11.6 Å². The minimum absolute atomic E-state index is 0.0270. The number of aliphatic imine (C=N–C) groups is 1. The molecule has 1 heterocycles. The van der Waals surface area contributed by atoms with Crippen LogP contribution in [0.2, 0.25) is 5.02 Å². The normalized spacial score (nSPS) is 17.9. The van der Waals surface area contributed by atoms with Crippen molar-refractivity contribution in [3.63, 3.8) is 0 Å². The smallest absolute Gasteiger partial charge is 0.280 e. The number of carbonyl (C=O) groups excluding carboxylic acids is 1. The maximum atomic E-state index is 13.6. The number of amides is 1. The standard InChI is InChI=1S/C24H20ClF4N5O/c25-18-10-17(27)7-3-15(18)12-30-24(32-23(35)14-4-8-19(28)20(29)9-14)31-22-11-21(33-34-22)13-1-5-16(26)6-2-13/h1-10,21-22,33-34H,11-12H2,(H2,30,31,32,35). The van der Waals surface area contributed by atoms with E-state index in [-0.39, 0.29) is 34.9 Å². The molecular weight excluding hydrogens is 486 g/mol. The molecule has 0 saturated carbocycles. The molecule has 0 aliphatic carbocycles. The third-order valence-electron chi connectivity index (χ3n) is 5.33. The molecule has 2 unspecified atom stereocenters. The number of nitrogens with one attached hydrogen (secondary N) is 4. The number of hydrogen-bond donors (Lipinski definition) is 4. The molecule has 3 aromatic carbocycles. The molecule has 11 heteroatoms. The van der Waals surface area contributed by atoms with Gasteiger partial charge in [0.1, 0.15) is 11.6 Å². The third kappa shape index (κ3) is 6.36. The largest absolute Gasteiger partial charge is 0.352 e. The first-order chi connectivity index (χ1) is 16.8. The summed E-state index contributed by atoms with van der Waals surface area (Å²) in [6.07, 6.45) is 0.0981. The summed E-state index contributed by atoms with van der Waals surface area (Å²) in [7, 11) is 0. The molecule has 35 heavy (non-hydrogen) atoms. The van der Waals surface area contributed by atoms with Crippen LogP contribution in [-0.2, 0) is 6.54 Å². The molecule has 0 aromatic heterocycles. The highest BCUT2D eigenvalue weighted by Gasteiger charge is 2.26. The number of halogens is 5. The first-order valence-electron chi connectivity index (χ1n) is 10.6. The predicted octanol–water partition coefficient (Wildman–Crippen LogP) is 4.34. The number of hydrazine groups is 1. The van der Waals surface area contributed by atoms with E-state index in [9.17, 15) is 22.4 Å². The average Bonchev–Trinajstić information content (AvgIpc) is 3.29. The van der Waals surface area contributed by atoms with Gasteiger partial charge in [0.05, 0.1) is 6.17 Å². The second-order valence-corrected chi connectivity index (χ2v) is 8.22. The number of nitrogens with zero attached hydrogens (tertiary/aromatic N) is 1. The molecule has 4 rings (SSSR count). The van der Waals surface area contributed by atoms with E-state index in [0.717, 1.165) is 29.8 Å². The second-order valence-electron chi connectivity index (χ2n) is 7.81. The van der Waals surface area contributed by atoms with Crippen molar-refractivity contribution in [1.29, 1.82) is 0 Å². The Labute approximate surface area is 203 Å². The number of guanidine groups is 1. The zero-order valence-electron chi connectivity index (χ0n) is 18.1. The van der Waals surface area contributed by atoms with E-state index < -0.39 is 29.5 Å². The number of rotatable bonds is 5. The highest BCUT2D eigenvalue weighted by molar-refractivity contribution is 6.31. The Morgan fingerprint density at radius 3 is 2.40 bits per heavy atom. The lowest BCUT2D eigenvalue weighted by atomic mass is 10.0. The molecule has 4 N–H and O–H groups in total. The van der Waals surface area contributed by atoms with E-state index in [2.05, 4.69) is 26.5 Å². The van der Waals surface area contributed by atoms with E-state index >= 15 is 0 Å². The summed E-state index contributed by atoms with van der Waals surface area (Å²) in [6, 6.07) is 12.5.